The Balaban J connectivity index is 1.96. The first-order valence-corrected chi connectivity index (χ1v) is 10.4. The molecule has 7 nitrogen and oxygen atoms in total. The van der Waals surface area contributed by atoms with Crippen LogP contribution in [0, 0.1) is 6.92 Å². The van der Waals surface area contributed by atoms with Gasteiger partial charge in [-0.3, -0.25) is 13.9 Å². The summed E-state index contributed by atoms with van der Waals surface area (Å²) in [5.41, 5.74) is 3.42. The number of halogens is 2. The van der Waals surface area contributed by atoms with Crippen molar-refractivity contribution in [1.29, 1.82) is 0 Å². The molecule has 0 aliphatic heterocycles. The molecule has 3 heterocycles. The number of hydrogen-bond acceptors (Lipinski definition) is 5. The van der Waals surface area contributed by atoms with Crippen LogP contribution in [-0.2, 0) is 11.3 Å². The number of para-hydroxylation sites is 2. The molecule has 0 saturated heterocycles. The summed E-state index contributed by atoms with van der Waals surface area (Å²) in [5, 5.41) is 1.24. The van der Waals surface area contributed by atoms with Crippen LogP contribution in [0.25, 0.3) is 38.9 Å². The highest BCUT2D eigenvalue weighted by molar-refractivity contribution is 6.42. The number of aromatic nitrogens is 5. The summed E-state index contributed by atoms with van der Waals surface area (Å²) in [6.45, 7) is 2.59. The maximum atomic E-state index is 13.5. The van der Waals surface area contributed by atoms with Crippen molar-refractivity contribution in [2.75, 3.05) is 13.7 Å². The van der Waals surface area contributed by atoms with Crippen molar-refractivity contribution in [3.05, 3.63) is 68.7 Å². The van der Waals surface area contributed by atoms with E-state index in [1.165, 1.54) is 0 Å². The van der Waals surface area contributed by atoms with Gasteiger partial charge in [-0.1, -0.05) is 35.3 Å². The van der Waals surface area contributed by atoms with Gasteiger partial charge in [0.05, 0.1) is 39.9 Å². The maximum absolute atomic E-state index is 13.5. The van der Waals surface area contributed by atoms with E-state index in [-0.39, 0.29) is 5.56 Å². The van der Waals surface area contributed by atoms with Gasteiger partial charge in [0.1, 0.15) is 16.7 Å². The van der Waals surface area contributed by atoms with Crippen molar-refractivity contribution in [2.24, 2.45) is 0 Å². The van der Waals surface area contributed by atoms with E-state index in [4.69, 9.17) is 42.9 Å². The summed E-state index contributed by atoms with van der Waals surface area (Å²) in [4.78, 5) is 27.9. The molecule has 5 aromatic rings. The Morgan fingerprint density at radius 1 is 0.968 bits per heavy atom. The molecule has 0 aliphatic carbocycles. The molecule has 2 aromatic carbocycles. The number of hydrogen-bond donors (Lipinski definition) is 0. The summed E-state index contributed by atoms with van der Waals surface area (Å²) in [6.07, 6.45) is 0. The van der Waals surface area contributed by atoms with Crippen LogP contribution in [0.4, 0.5) is 0 Å². The van der Waals surface area contributed by atoms with Gasteiger partial charge in [0.25, 0.3) is 5.56 Å². The molecule has 3 aromatic heterocycles. The van der Waals surface area contributed by atoms with Crippen molar-refractivity contribution in [3.63, 3.8) is 0 Å². The van der Waals surface area contributed by atoms with Gasteiger partial charge in [-0.05, 0) is 37.3 Å². The monoisotopic (exact) mass is 453 g/mol. The van der Waals surface area contributed by atoms with Crippen LogP contribution >= 0.6 is 23.2 Å². The molecule has 156 valence electrons. The summed E-state index contributed by atoms with van der Waals surface area (Å²) in [7, 11) is 1.60. The number of rotatable bonds is 4. The Morgan fingerprint density at radius 2 is 1.71 bits per heavy atom. The standard InChI is InChI=1S/C22H17Cl2N5O2/c1-12-25-20-18(22(30)28(12)9-10-31-2)19-21(27-17-6-4-3-5-16(17)26-19)29(20)13-7-8-14(23)15(24)11-13/h3-8,11H,9-10H2,1-2H3. The van der Waals surface area contributed by atoms with Crippen LogP contribution in [-0.4, -0.2) is 37.8 Å². The lowest BCUT2D eigenvalue weighted by molar-refractivity contribution is 0.185. The molecule has 0 amide bonds. The van der Waals surface area contributed by atoms with E-state index < -0.39 is 0 Å². The molecule has 0 N–H and O–H groups in total. The van der Waals surface area contributed by atoms with Gasteiger partial charge in [-0.2, -0.15) is 0 Å². The van der Waals surface area contributed by atoms with Gasteiger partial charge in [0.15, 0.2) is 11.3 Å². The normalized spacial score (nSPS) is 11.7. The molecule has 0 atom stereocenters. The minimum Gasteiger partial charge on any atom is -0.383 e. The zero-order valence-corrected chi connectivity index (χ0v) is 18.3. The second kappa shape index (κ2) is 7.60. The van der Waals surface area contributed by atoms with Crippen molar-refractivity contribution < 1.29 is 4.74 Å². The summed E-state index contributed by atoms with van der Waals surface area (Å²) >= 11 is 12.4. The quantitative estimate of drug-likeness (QED) is 0.399. The van der Waals surface area contributed by atoms with E-state index in [0.717, 1.165) is 5.52 Å². The highest BCUT2D eigenvalue weighted by atomic mass is 35.5. The molecule has 0 unspecified atom stereocenters. The minimum absolute atomic E-state index is 0.187. The van der Waals surface area contributed by atoms with E-state index in [1.54, 1.807) is 35.3 Å². The third-order valence-electron chi connectivity index (χ3n) is 5.23. The van der Waals surface area contributed by atoms with Crippen molar-refractivity contribution in [2.45, 2.75) is 13.5 Å². The molecular formula is C22H17Cl2N5O2. The molecule has 0 aliphatic rings. The third-order valence-corrected chi connectivity index (χ3v) is 5.97. The van der Waals surface area contributed by atoms with Crippen LogP contribution in [0.3, 0.4) is 0 Å². The largest absolute Gasteiger partial charge is 0.383 e. The topological polar surface area (TPSA) is 74.8 Å². The Hall–Kier alpha value is -3.00. The number of aryl methyl sites for hydroxylation is 1. The molecule has 5 rings (SSSR count). The minimum atomic E-state index is -0.187. The highest BCUT2D eigenvalue weighted by Crippen LogP contribution is 2.31. The Labute approximate surface area is 186 Å². The van der Waals surface area contributed by atoms with Gasteiger partial charge in [0.2, 0.25) is 0 Å². The van der Waals surface area contributed by atoms with Crippen molar-refractivity contribution >= 4 is 56.4 Å². The Kier molecular flexibility index (Phi) is 4.89. The fourth-order valence-corrected chi connectivity index (χ4v) is 4.04. The van der Waals surface area contributed by atoms with E-state index >= 15 is 0 Å². The molecule has 9 heteroatoms. The average Bonchev–Trinajstić information content (AvgIpc) is 3.06. The fraction of sp³-hybridized carbons (Fsp3) is 0.182. The van der Waals surface area contributed by atoms with Crippen LogP contribution in [0.15, 0.2) is 47.3 Å². The first kappa shape index (κ1) is 19.9. The molecule has 0 bridgehead atoms. The SMILES string of the molecule is COCCn1c(C)nc2c(c1=O)c1nc3ccccc3nc1n2-c1ccc(Cl)c(Cl)c1. The first-order chi connectivity index (χ1) is 15.0. The second-order valence-electron chi connectivity index (χ2n) is 7.13. The molecular weight excluding hydrogens is 437 g/mol. The van der Waals surface area contributed by atoms with Crippen molar-refractivity contribution in [3.8, 4) is 5.69 Å². The van der Waals surface area contributed by atoms with E-state index in [9.17, 15) is 4.79 Å². The smallest absolute Gasteiger partial charge is 0.265 e. The lowest BCUT2D eigenvalue weighted by Gasteiger charge is -2.11. The van der Waals surface area contributed by atoms with Gasteiger partial charge in [0, 0.05) is 7.11 Å². The molecule has 31 heavy (non-hydrogen) atoms. The molecule has 0 fully saturated rings. The van der Waals surface area contributed by atoms with Gasteiger partial charge >= 0.3 is 0 Å². The summed E-state index contributed by atoms with van der Waals surface area (Å²) in [5.74, 6) is 0.572. The lowest BCUT2D eigenvalue weighted by Crippen LogP contribution is -2.25. The lowest BCUT2D eigenvalue weighted by atomic mass is 10.3. The maximum Gasteiger partial charge on any atom is 0.265 e. The third kappa shape index (κ3) is 3.17. The predicted molar refractivity (Wildman–Crippen MR) is 123 cm³/mol. The average molecular weight is 454 g/mol. The zero-order chi connectivity index (χ0) is 21.7. The number of fused-ring (bicyclic) bond motifs is 4. The number of ether oxygens (including phenoxy) is 1. The number of nitrogens with zero attached hydrogens (tertiary/aromatic N) is 5. The number of benzene rings is 2. The van der Waals surface area contributed by atoms with E-state index in [1.807, 2.05) is 30.3 Å². The van der Waals surface area contributed by atoms with Gasteiger partial charge < -0.3 is 4.74 Å². The Bertz CT molecular complexity index is 1540. The second-order valence-corrected chi connectivity index (χ2v) is 7.94. The summed E-state index contributed by atoms with van der Waals surface area (Å²) < 4.78 is 8.57. The van der Waals surface area contributed by atoms with Crippen LogP contribution in [0.5, 0.6) is 0 Å². The van der Waals surface area contributed by atoms with Gasteiger partial charge in [-0.15, -0.1) is 0 Å². The summed E-state index contributed by atoms with van der Waals surface area (Å²) in [6, 6.07) is 12.8. The predicted octanol–water partition coefficient (Wildman–Crippen LogP) is 4.55. The van der Waals surface area contributed by atoms with E-state index in [2.05, 4.69) is 0 Å². The van der Waals surface area contributed by atoms with E-state index in [0.29, 0.717) is 62.4 Å². The number of methoxy groups -OCH3 is 1. The first-order valence-electron chi connectivity index (χ1n) is 9.62. The Morgan fingerprint density at radius 3 is 2.42 bits per heavy atom. The fourth-order valence-electron chi connectivity index (χ4n) is 3.75. The highest BCUT2D eigenvalue weighted by Gasteiger charge is 2.22. The van der Waals surface area contributed by atoms with Gasteiger partial charge in [-0.25, -0.2) is 15.0 Å². The zero-order valence-electron chi connectivity index (χ0n) is 16.8. The van der Waals surface area contributed by atoms with Crippen LogP contribution < -0.4 is 5.56 Å². The van der Waals surface area contributed by atoms with Crippen molar-refractivity contribution in [1.82, 2.24) is 24.1 Å². The van der Waals surface area contributed by atoms with Crippen LogP contribution in [0.1, 0.15) is 5.82 Å². The molecule has 0 saturated carbocycles. The molecule has 0 radical (unpaired) electrons. The van der Waals surface area contributed by atoms with Crippen LogP contribution in [0.2, 0.25) is 10.0 Å². The molecule has 0 spiro atoms.